The fraction of sp³-hybridized carbons (Fsp3) is 0.667. The quantitative estimate of drug-likeness (QED) is 0.150. The second-order valence-corrected chi connectivity index (χ2v) is 16.7. The average Bonchev–Trinajstić information content (AvgIpc) is 2.99. The van der Waals surface area contributed by atoms with E-state index in [-0.39, 0.29) is 18.4 Å². The molecule has 0 saturated heterocycles. The van der Waals surface area contributed by atoms with E-state index in [0.29, 0.717) is 18.7 Å². The Morgan fingerprint density at radius 1 is 0.765 bits per heavy atom. The summed E-state index contributed by atoms with van der Waals surface area (Å²) in [7, 11) is 3.16. The highest BCUT2D eigenvalue weighted by Gasteiger charge is 2.45. The van der Waals surface area contributed by atoms with Gasteiger partial charge in [-0.15, -0.1) is 0 Å². The van der Waals surface area contributed by atoms with Crippen molar-refractivity contribution in [2.45, 2.75) is 131 Å². The van der Waals surface area contributed by atoms with E-state index in [9.17, 15) is 24.0 Å². The third kappa shape index (κ3) is 15.8. The van der Waals surface area contributed by atoms with Crippen molar-refractivity contribution < 1.29 is 33.4 Å². The summed E-state index contributed by atoms with van der Waals surface area (Å²) >= 11 is 0. The lowest BCUT2D eigenvalue weighted by Gasteiger charge is -2.42. The van der Waals surface area contributed by atoms with E-state index in [4.69, 9.17) is 9.47 Å². The lowest BCUT2D eigenvalue weighted by atomic mass is 9.76. The van der Waals surface area contributed by atoms with Gasteiger partial charge in [0.15, 0.2) is 0 Å². The summed E-state index contributed by atoms with van der Waals surface area (Å²) in [6, 6.07) is 7.48. The zero-order chi connectivity index (χ0) is 39.4. The van der Waals surface area contributed by atoms with Crippen molar-refractivity contribution in [3.05, 3.63) is 47.5 Å². The normalized spacial score (nSPS) is 13.7. The van der Waals surface area contributed by atoms with E-state index in [1.165, 1.54) is 16.8 Å². The fourth-order valence-corrected chi connectivity index (χ4v) is 5.27. The van der Waals surface area contributed by atoms with Gasteiger partial charge in [0.25, 0.3) is 0 Å². The van der Waals surface area contributed by atoms with E-state index in [1.54, 1.807) is 40.8 Å². The fourth-order valence-electron chi connectivity index (χ4n) is 5.27. The molecule has 0 spiro atoms. The molecule has 0 saturated carbocycles. The molecule has 0 aromatic heterocycles. The number of nitrogens with one attached hydrogen (secondary N) is 3. The van der Waals surface area contributed by atoms with Crippen molar-refractivity contribution in [2.24, 2.45) is 5.41 Å². The van der Waals surface area contributed by atoms with Crippen molar-refractivity contribution in [1.29, 1.82) is 0 Å². The highest BCUT2D eigenvalue weighted by atomic mass is 16.6. The topological polar surface area (TPSA) is 146 Å². The van der Waals surface area contributed by atoms with Crippen LogP contribution in [-0.4, -0.2) is 96.7 Å². The highest BCUT2D eigenvalue weighted by Crippen LogP contribution is 2.32. The molecule has 0 aliphatic rings. The molecule has 0 heterocycles. The van der Waals surface area contributed by atoms with Crippen LogP contribution in [0.1, 0.15) is 108 Å². The maximum atomic E-state index is 14.3. The molecule has 0 radical (unpaired) electrons. The molecule has 0 bridgehead atoms. The standard InChI is InChI=1S/C39H65N5O7/c1-27(31(45)40-24-19-16-20-25-41-34(48)50-37(5,6)7)23-26-43(13)33(47)29(36(2,3)4)42-32(46)30(44(14)35(49)51-38(8,9)10)39(11,12)28-21-17-15-18-22-28/h15,17-18,21-23,29-30H,16,19-20,24-26H2,1-14H3,(H,40,45)(H,41,48)(H,42,46)/b27-23+/t29?,30-/m1/s1. The first-order chi connectivity index (χ1) is 23.3. The van der Waals surface area contributed by atoms with Gasteiger partial charge in [0.05, 0.1) is 0 Å². The number of likely N-dealkylation sites (N-methyl/N-ethyl adjacent to an activating group) is 2. The van der Waals surface area contributed by atoms with Crippen LogP contribution in [0.2, 0.25) is 0 Å². The maximum Gasteiger partial charge on any atom is 0.410 e. The molecule has 12 heteroatoms. The summed E-state index contributed by atoms with van der Waals surface area (Å²) in [5.74, 6) is -1.07. The second-order valence-electron chi connectivity index (χ2n) is 16.7. The predicted octanol–water partition coefficient (Wildman–Crippen LogP) is 5.95. The Hall–Kier alpha value is -4.09. The van der Waals surface area contributed by atoms with E-state index < -0.39 is 52.2 Å². The first-order valence-corrected chi connectivity index (χ1v) is 17.8. The number of benzene rings is 1. The molecular formula is C39H65N5O7. The van der Waals surface area contributed by atoms with Crippen LogP contribution in [0.5, 0.6) is 0 Å². The minimum Gasteiger partial charge on any atom is -0.444 e. The average molecular weight is 716 g/mol. The molecule has 1 aromatic rings. The number of rotatable bonds is 15. The molecule has 0 fully saturated rings. The molecule has 0 aliphatic heterocycles. The molecule has 3 N–H and O–H groups in total. The van der Waals surface area contributed by atoms with Crippen molar-refractivity contribution in [1.82, 2.24) is 25.8 Å². The molecule has 12 nitrogen and oxygen atoms in total. The van der Waals surface area contributed by atoms with Crippen LogP contribution in [0.15, 0.2) is 42.0 Å². The summed E-state index contributed by atoms with van der Waals surface area (Å²) in [5, 5.41) is 8.59. The maximum absolute atomic E-state index is 14.3. The summed E-state index contributed by atoms with van der Waals surface area (Å²) < 4.78 is 10.9. The van der Waals surface area contributed by atoms with E-state index in [2.05, 4.69) is 16.0 Å². The zero-order valence-corrected chi connectivity index (χ0v) is 33.6. The van der Waals surface area contributed by atoms with Gasteiger partial charge in [-0.05, 0) is 78.7 Å². The van der Waals surface area contributed by atoms with Gasteiger partial charge in [0.1, 0.15) is 23.3 Å². The van der Waals surface area contributed by atoms with Crippen LogP contribution in [0, 0.1) is 5.41 Å². The Kier molecular flexibility index (Phi) is 16.7. The molecule has 1 unspecified atom stereocenters. The van der Waals surface area contributed by atoms with Gasteiger partial charge in [0, 0.05) is 44.7 Å². The van der Waals surface area contributed by atoms with Crippen LogP contribution < -0.4 is 16.0 Å². The monoisotopic (exact) mass is 715 g/mol. The Balaban J connectivity index is 2.97. The highest BCUT2D eigenvalue weighted by molar-refractivity contribution is 5.94. The lowest BCUT2D eigenvalue weighted by molar-refractivity contribution is -0.140. The molecule has 51 heavy (non-hydrogen) atoms. The Labute approximate surface area is 306 Å². The Morgan fingerprint density at radius 3 is 1.80 bits per heavy atom. The molecule has 288 valence electrons. The van der Waals surface area contributed by atoms with Gasteiger partial charge < -0.3 is 30.3 Å². The van der Waals surface area contributed by atoms with E-state index >= 15 is 0 Å². The van der Waals surface area contributed by atoms with Gasteiger partial charge in [-0.3, -0.25) is 19.3 Å². The van der Waals surface area contributed by atoms with Crippen LogP contribution >= 0.6 is 0 Å². The second kappa shape index (κ2) is 18.9. The number of hydrogen-bond acceptors (Lipinski definition) is 7. The first-order valence-electron chi connectivity index (χ1n) is 17.8. The minimum atomic E-state index is -1.02. The first kappa shape index (κ1) is 44.9. The smallest absolute Gasteiger partial charge is 0.410 e. The number of carbonyl (C=O) groups is 5. The van der Waals surface area contributed by atoms with Gasteiger partial charge in [0.2, 0.25) is 17.7 Å². The van der Waals surface area contributed by atoms with Gasteiger partial charge >= 0.3 is 12.2 Å². The summed E-state index contributed by atoms with van der Waals surface area (Å²) in [6.07, 6.45) is 2.88. The summed E-state index contributed by atoms with van der Waals surface area (Å²) in [5.41, 5.74) is -1.57. The number of carbonyl (C=O) groups excluding carboxylic acids is 5. The molecule has 0 aliphatic carbocycles. The number of ether oxygens (including phenoxy) is 2. The molecule has 2 atom stereocenters. The number of hydrogen-bond donors (Lipinski definition) is 3. The Morgan fingerprint density at radius 2 is 1.29 bits per heavy atom. The number of unbranched alkanes of at least 4 members (excludes halogenated alkanes) is 2. The molecule has 5 amide bonds. The van der Waals surface area contributed by atoms with Crippen LogP contribution in [0.25, 0.3) is 0 Å². The summed E-state index contributed by atoms with van der Waals surface area (Å²) in [6.45, 7) is 22.9. The molecular weight excluding hydrogens is 650 g/mol. The van der Waals surface area contributed by atoms with Crippen molar-refractivity contribution in [3.63, 3.8) is 0 Å². The number of amides is 5. The number of alkyl carbamates (subject to hydrolysis) is 1. The minimum absolute atomic E-state index is 0.146. The van der Waals surface area contributed by atoms with Crippen LogP contribution in [0.4, 0.5) is 9.59 Å². The van der Waals surface area contributed by atoms with Gasteiger partial charge in [-0.1, -0.05) is 71.0 Å². The van der Waals surface area contributed by atoms with Crippen molar-refractivity contribution >= 4 is 29.9 Å². The largest absolute Gasteiger partial charge is 0.444 e. The number of nitrogens with zero attached hydrogens (tertiary/aromatic N) is 2. The van der Waals surface area contributed by atoms with Gasteiger partial charge in [-0.25, -0.2) is 9.59 Å². The Bertz CT molecular complexity index is 1350. The zero-order valence-electron chi connectivity index (χ0n) is 33.6. The van der Waals surface area contributed by atoms with Gasteiger partial charge in [-0.2, -0.15) is 0 Å². The molecule has 1 rings (SSSR count). The lowest BCUT2D eigenvalue weighted by Crippen LogP contribution is -2.62. The summed E-state index contributed by atoms with van der Waals surface area (Å²) in [4.78, 5) is 68.7. The van der Waals surface area contributed by atoms with Crippen LogP contribution in [0.3, 0.4) is 0 Å². The third-order valence-electron chi connectivity index (χ3n) is 8.13. The predicted molar refractivity (Wildman–Crippen MR) is 201 cm³/mol. The van der Waals surface area contributed by atoms with E-state index in [1.807, 2.05) is 85.7 Å². The SMILES string of the molecule is C/C(=C\CN(C)C(=O)C(NC(=O)[C@@H](N(C)C(=O)OC(C)(C)C)C(C)(C)c1ccccc1)C(C)(C)C)C(=O)NCCCCCNC(=O)OC(C)(C)C. The van der Waals surface area contributed by atoms with Crippen molar-refractivity contribution in [3.8, 4) is 0 Å². The van der Waals surface area contributed by atoms with Crippen LogP contribution in [-0.2, 0) is 29.3 Å². The molecule has 1 aromatic carbocycles. The third-order valence-corrected chi connectivity index (χ3v) is 8.13. The van der Waals surface area contributed by atoms with Crippen molar-refractivity contribution in [2.75, 3.05) is 33.7 Å². The van der Waals surface area contributed by atoms with E-state index in [0.717, 1.165) is 24.8 Å².